The molecule has 0 radical (unpaired) electrons. The van der Waals surface area contributed by atoms with E-state index in [9.17, 15) is 14.9 Å². The Bertz CT molecular complexity index is 705. The summed E-state index contributed by atoms with van der Waals surface area (Å²) in [5.74, 6) is -0.888. The van der Waals surface area contributed by atoms with Gasteiger partial charge in [-0.2, -0.15) is 5.26 Å². The van der Waals surface area contributed by atoms with Gasteiger partial charge in [-0.3, -0.25) is 10.1 Å². The number of benzene rings is 2. The van der Waals surface area contributed by atoms with E-state index in [1.54, 1.807) is 24.3 Å². The number of ether oxygens (including phenoxy) is 1. The van der Waals surface area contributed by atoms with Crippen molar-refractivity contribution in [3.8, 4) is 11.8 Å². The summed E-state index contributed by atoms with van der Waals surface area (Å²) in [4.78, 5) is 22.0. The van der Waals surface area contributed by atoms with Gasteiger partial charge in [-0.1, -0.05) is 18.2 Å². The number of esters is 1. The normalized spacial score (nSPS) is 9.55. The summed E-state index contributed by atoms with van der Waals surface area (Å²) in [5, 5.41) is 19.6. The van der Waals surface area contributed by atoms with Gasteiger partial charge in [0.25, 0.3) is 0 Å². The number of nitro groups is 1. The van der Waals surface area contributed by atoms with Crippen molar-refractivity contribution in [2.24, 2.45) is 0 Å². The number of carbonyl (C=O) groups excluding carboxylic acids is 1. The fraction of sp³-hybridized carbons (Fsp3) is 0. The van der Waals surface area contributed by atoms with Crippen molar-refractivity contribution in [2.45, 2.75) is 0 Å². The molecule has 6 heteroatoms. The van der Waals surface area contributed by atoms with E-state index in [-0.39, 0.29) is 16.9 Å². The third-order valence-corrected chi connectivity index (χ3v) is 2.50. The van der Waals surface area contributed by atoms with Crippen molar-refractivity contribution in [1.29, 1.82) is 5.26 Å². The molecule has 0 aliphatic heterocycles. The number of hydrogen-bond donors (Lipinski definition) is 0. The van der Waals surface area contributed by atoms with Gasteiger partial charge in [0, 0.05) is 6.07 Å². The van der Waals surface area contributed by atoms with Gasteiger partial charge in [0.05, 0.1) is 22.1 Å². The highest BCUT2D eigenvalue weighted by atomic mass is 16.6. The second-order valence-corrected chi connectivity index (χ2v) is 3.81. The van der Waals surface area contributed by atoms with Crippen LogP contribution in [0.25, 0.3) is 0 Å². The van der Waals surface area contributed by atoms with Crippen LogP contribution >= 0.6 is 0 Å². The van der Waals surface area contributed by atoms with Gasteiger partial charge in [0.15, 0.2) is 0 Å². The van der Waals surface area contributed by atoms with Crippen molar-refractivity contribution < 1.29 is 14.5 Å². The monoisotopic (exact) mass is 268 g/mol. The van der Waals surface area contributed by atoms with Crippen molar-refractivity contribution >= 4 is 11.7 Å². The maximum Gasteiger partial charge on any atom is 0.343 e. The SMILES string of the molecule is N#Cc1ccc(OC(=O)c2ccccc2)c([N+](=O)[O-])c1. The van der Waals surface area contributed by atoms with Gasteiger partial charge in [0.1, 0.15) is 0 Å². The molecule has 0 spiro atoms. The molecule has 0 saturated carbocycles. The van der Waals surface area contributed by atoms with Gasteiger partial charge in [-0.25, -0.2) is 4.79 Å². The summed E-state index contributed by atoms with van der Waals surface area (Å²) < 4.78 is 5.00. The van der Waals surface area contributed by atoms with Crippen LogP contribution in [0.1, 0.15) is 15.9 Å². The molecular formula is C14H8N2O4. The molecule has 2 aromatic carbocycles. The quantitative estimate of drug-likeness (QED) is 0.369. The Morgan fingerprint density at radius 2 is 1.90 bits per heavy atom. The lowest BCUT2D eigenvalue weighted by molar-refractivity contribution is -0.385. The molecule has 0 fully saturated rings. The van der Waals surface area contributed by atoms with Crippen LogP contribution in [-0.2, 0) is 0 Å². The molecule has 2 rings (SSSR count). The van der Waals surface area contributed by atoms with E-state index in [0.717, 1.165) is 6.07 Å². The van der Waals surface area contributed by atoms with E-state index in [0.29, 0.717) is 0 Å². The van der Waals surface area contributed by atoms with Gasteiger partial charge in [-0.05, 0) is 24.3 Å². The number of rotatable bonds is 3. The molecule has 0 atom stereocenters. The van der Waals surface area contributed by atoms with Gasteiger partial charge < -0.3 is 4.74 Å². The number of nitriles is 1. The maximum absolute atomic E-state index is 11.8. The molecule has 6 nitrogen and oxygen atoms in total. The van der Waals surface area contributed by atoms with Crippen molar-refractivity contribution in [3.05, 3.63) is 69.8 Å². The second-order valence-electron chi connectivity index (χ2n) is 3.81. The Morgan fingerprint density at radius 3 is 2.50 bits per heavy atom. The van der Waals surface area contributed by atoms with E-state index < -0.39 is 16.6 Å². The number of nitro benzene ring substituents is 1. The molecule has 0 bridgehead atoms. The predicted octanol–water partition coefficient (Wildman–Crippen LogP) is 2.69. The fourth-order valence-corrected chi connectivity index (χ4v) is 1.55. The highest BCUT2D eigenvalue weighted by molar-refractivity contribution is 5.91. The molecule has 2 aromatic rings. The second kappa shape index (κ2) is 5.63. The minimum atomic E-state index is -0.700. The van der Waals surface area contributed by atoms with Crippen LogP contribution in [0.4, 0.5) is 5.69 Å². The fourth-order valence-electron chi connectivity index (χ4n) is 1.55. The first-order valence-electron chi connectivity index (χ1n) is 5.57. The third kappa shape index (κ3) is 2.79. The van der Waals surface area contributed by atoms with Crippen LogP contribution in [0.5, 0.6) is 5.75 Å². The first-order chi connectivity index (χ1) is 9.61. The zero-order valence-electron chi connectivity index (χ0n) is 10.1. The molecule has 20 heavy (non-hydrogen) atoms. The molecule has 0 amide bonds. The lowest BCUT2D eigenvalue weighted by Gasteiger charge is -2.05. The first-order valence-corrected chi connectivity index (χ1v) is 5.57. The lowest BCUT2D eigenvalue weighted by atomic mass is 10.2. The third-order valence-electron chi connectivity index (χ3n) is 2.50. The zero-order chi connectivity index (χ0) is 14.5. The topological polar surface area (TPSA) is 93.2 Å². The number of nitrogens with zero attached hydrogens (tertiary/aromatic N) is 2. The lowest BCUT2D eigenvalue weighted by Crippen LogP contribution is -2.09. The van der Waals surface area contributed by atoms with Crippen LogP contribution in [0.2, 0.25) is 0 Å². The number of hydrogen-bond acceptors (Lipinski definition) is 5. The Labute approximate surface area is 114 Å². The van der Waals surface area contributed by atoms with Crippen molar-refractivity contribution in [3.63, 3.8) is 0 Å². The highest BCUT2D eigenvalue weighted by Gasteiger charge is 2.19. The summed E-state index contributed by atoms with van der Waals surface area (Å²) in [7, 11) is 0. The molecule has 98 valence electrons. The molecule has 0 saturated heterocycles. The summed E-state index contributed by atoms with van der Waals surface area (Å²) in [6, 6.07) is 13.6. The molecule has 0 aliphatic rings. The van der Waals surface area contributed by atoms with Crippen LogP contribution in [-0.4, -0.2) is 10.9 Å². The minimum absolute atomic E-state index is 0.121. The Morgan fingerprint density at radius 1 is 1.20 bits per heavy atom. The highest BCUT2D eigenvalue weighted by Crippen LogP contribution is 2.28. The Hall–Kier alpha value is -3.20. The van der Waals surface area contributed by atoms with Crippen LogP contribution in [0.3, 0.4) is 0 Å². The summed E-state index contributed by atoms with van der Waals surface area (Å²) >= 11 is 0. The van der Waals surface area contributed by atoms with E-state index in [4.69, 9.17) is 10.00 Å². The average molecular weight is 268 g/mol. The summed E-state index contributed by atoms with van der Waals surface area (Å²) in [6.45, 7) is 0. The molecular weight excluding hydrogens is 260 g/mol. The Balaban J connectivity index is 2.32. The smallest absolute Gasteiger partial charge is 0.343 e. The zero-order valence-corrected chi connectivity index (χ0v) is 10.1. The predicted molar refractivity (Wildman–Crippen MR) is 69.2 cm³/mol. The van der Waals surface area contributed by atoms with Gasteiger partial charge >= 0.3 is 11.7 Å². The summed E-state index contributed by atoms with van der Waals surface area (Å²) in [6.07, 6.45) is 0. The van der Waals surface area contributed by atoms with E-state index in [2.05, 4.69) is 0 Å². The minimum Gasteiger partial charge on any atom is -0.416 e. The van der Waals surface area contributed by atoms with E-state index in [1.165, 1.54) is 24.3 Å². The van der Waals surface area contributed by atoms with Crippen LogP contribution in [0.15, 0.2) is 48.5 Å². The van der Waals surface area contributed by atoms with Crippen LogP contribution < -0.4 is 4.74 Å². The van der Waals surface area contributed by atoms with Crippen molar-refractivity contribution in [1.82, 2.24) is 0 Å². The summed E-state index contributed by atoms with van der Waals surface area (Å²) in [5.41, 5.74) is -0.0179. The average Bonchev–Trinajstić information content (AvgIpc) is 2.48. The molecule has 0 aliphatic carbocycles. The maximum atomic E-state index is 11.8. The van der Waals surface area contributed by atoms with Gasteiger partial charge in [0.2, 0.25) is 5.75 Å². The number of carbonyl (C=O) groups is 1. The van der Waals surface area contributed by atoms with Gasteiger partial charge in [-0.15, -0.1) is 0 Å². The van der Waals surface area contributed by atoms with E-state index >= 15 is 0 Å². The largest absolute Gasteiger partial charge is 0.416 e. The molecule has 0 aromatic heterocycles. The molecule has 0 unspecified atom stereocenters. The first kappa shape index (κ1) is 13.2. The van der Waals surface area contributed by atoms with Crippen molar-refractivity contribution in [2.75, 3.05) is 0 Å². The van der Waals surface area contributed by atoms with E-state index in [1.807, 2.05) is 0 Å². The Kier molecular flexibility index (Phi) is 3.72. The molecule has 0 heterocycles. The molecule has 0 N–H and O–H groups in total. The standard InChI is InChI=1S/C14H8N2O4/c15-9-10-6-7-13(12(8-10)16(18)19)20-14(17)11-4-2-1-3-5-11/h1-8H. The van der Waals surface area contributed by atoms with Crippen LogP contribution in [0, 0.1) is 21.4 Å².